The van der Waals surface area contributed by atoms with Crippen molar-refractivity contribution < 1.29 is 22.7 Å². The molecule has 0 heterocycles. The number of unbranched alkanes of at least 4 members (excludes halogenated alkanes) is 2. The lowest BCUT2D eigenvalue weighted by atomic mass is 10.2. The molecule has 0 aromatic heterocycles. The Hall–Kier alpha value is -2.17. The van der Waals surface area contributed by atoms with Crippen molar-refractivity contribution in [1.82, 2.24) is 9.62 Å². The minimum absolute atomic E-state index is 0.0602. The fourth-order valence-corrected chi connectivity index (χ4v) is 4.37. The minimum atomic E-state index is -3.66. The molecule has 0 aliphatic heterocycles. The van der Waals surface area contributed by atoms with Crippen molar-refractivity contribution >= 4 is 27.5 Å². The van der Waals surface area contributed by atoms with E-state index in [2.05, 4.69) is 10.6 Å². The number of benzene rings is 1. The molecule has 0 radical (unpaired) electrons. The normalized spacial score (nSPS) is 11.4. The second-order valence-corrected chi connectivity index (χ2v) is 8.64. The van der Waals surface area contributed by atoms with Crippen molar-refractivity contribution in [2.45, 2.75) is 50.8 Å². The van der Waals surface area contributed by atoms with Crippen LogP contribution in [0.3, 0.4) is 0 Å². The highest BCUT2D eigenvalue weighted by molar-refractivity contribution is 7.89. The summed E-state index contributed by atoms with van der Waals surface area (Å²) in [4.78, 5) is 24.1. The van der Waals surface area contributed by atoms with Crippen LogP contribution in [0.4, 0.5) is 5.69 Å². The third-order valence-electron chi connectivity index (χ3n) is 4.57. The lowest BCUT2D eigenvalue weighted by Crippen LogP contribution is -2.30. The maximum absolute atomic E-state index is 12.7. The van der Waals surface area contributed by atoms with Gasteiger partial charge >= 0.3 is 0 Å². The Morgan fingerprint density at radius 3 is 2.37 bits per heavy atom. The standard InChI is InChI=1S/C20H34N4O5S/c1-4-24(5-2)30(27,28)16-10-11-18(29-3)17(15-16)23-20(26)12-14-22-19(25)9-7-6-8-13-21/h10-11,15H,4-9,12-14,21H2,1-3H3,(H,22,25)(H,23,26). The van der Waals surface area contributed by atoms with Gasteiger partial charge in [-0.1, -0.05) is 20.3 Å². The number of amides is 2. The highest BCUT2D eigenvalue weighted by atomic mass is 32.2. The van der Waals surface area contributed by atoms with E-state index in [1.165, 1.54) is 29.6 Å². The van der Waals surface area contributed by atoms with Crippen LogP contribution in [0.2, 0.25) is 0 Å². The van der Waals surface area contributed by atoms with Gasteiger partial charge in [-0.15, -0.1) is 0 Å². The zero-order valence-electron chi connectivity index (χ0n) is 18.1. The average molecular weight is 443 g/mol. The summed E-state index contributed by atoms with van der Waals surface area (Å²) in [5, 5.41) is 5.38. The summed E-state index contributed by atoms with van der Waals surface area (Å²) in [6, 6.07) is 4.35. The Balaban J connectivity index is 2.71. The third-order valence-corrected chi connectivity index (χ3v) is 6.62. The predicted octanol–water partition coefficient (Wildman–Crippen LogP) is 1.69. The Morgan fingerprint density at radius 1 is 1.07 bits per heavy atom. The monoisotopic (exact) mass is 442 g/mol. The number of sulfonamides is 1. The van der Waals surface area contributed by atoms with Crippen LogP contribution in [0.1, 0.15) is 46.0 Å². The number of hydrogen-bond donors (Lipinski definition) is 3. The van der Waals surface area contributed by atoms with Gasteiger partial charge in [-0.3, -0.25) is 9.59 Å². The first-order chi connectivity index (χ1) is 14.3. The molecule has 0 spiro atoms. The molecule has 30 heavy (non-hydrogen) atoms. The van der Waals surface area contributed by atoms with Crippen molar-refractivity contribution in [2.75, 3.05) is 38.6 Å². The Morgan fingerprint density at radius 2 is 1.77 bits per heavy atom. The van der Waals surface area contributed by atoms with Gasteiger partial charge in [0.1, 0.15) is 5.75 Å². The molecule has 0 bridgehead atoms. The van der Waals surface area contributed by atoms with Crippen LogP contribution < -0.4 is 21.1 Å². The summed E-state index contributed by atoms with van der Waals surface area (Å²) in [7, 11) is -2.23. The molecule has 2 amide bonds. The lowest BCUT2D eigenvalue weighted by Gasteiger charge is -2.19. The molecule has 0 aliphatic carbocycles. The van der Waals surface area contributed by atoms with Gasteiger partial charge in [0.2, 0.25) is 21.8 Å². The number of carbonyl (C=O) groups is 2. The van der Waals surface area contributed by atoms with Gasteiger partial charge in [-0.25, -0.2) is 8.42 Å². The molecule has 0 saturated heterocycles. The highest BCUT2D eigenvalue weighted by Crippen LogP contribution is 2.29. The van der Waals surface area contributed by atoms with Gasteiger partial charge in [-0.2, -0.15) is 4.31 Å². The molecular formula is C20H34N4O5S. The third kappa shape index (κ3) is 7.92. The summed E-state index contributed by atoms with van der Waals surface area (Å²) in [6.07, 6.45) is 3.02. The Kier molecular flexibility index (Phi) is 11.4. The first-order valence-electron chi connectivity index (χ1n) is 10.2. The first-order valence-corrected chi connectivity index (χ1v) is 11.7. The van der Waals surface area contributed by atoms with Crippen LogP contribution in [0, 0.1) is 0 Å². The molecule has 0 atom stereocenters. The maximum Gasteiger partial charge on any atom is 0.243 e. The topological polar surface area (TPSA) is 131 Å². The number of ether oxygens (including phenoxy) is 1. The fraction of sp³-hybridized carbons (Fsp3) is 0.600. The van der Waals surface area contributed by atoms with E-state index in [4.69, 9.17) is 10.5 Å². The van der Waals surface area contributed by atoms with E-state index in [1.807, 2.05) is 0 Å². The SMILES string of the molecule is CCN(CC)S(=O)(=O)c1ccc(OC)c(NC(=O)CCNC(=O)CCCCCN)c1. The van der Waals surface area contributed by atoms with E-state index < -0.39 is 10.0 Å². The van der Waals surface area contributed by atoms with Crippen LogP contribution >= 0.6 is 0 Å². The Labute approximate surface area is 179 Å². The molecule has 1 aromatic carbocycles. The molecule has 170 valence electrons. The fourth-order valence-electron chi connectivity index (χ4n) is 2.88. The lowest BCUT2D eigenvalue weighted by molar-refractivity contribution is -0.121. The van der Waals surface area contributed by atoms with Crippen molar-refractivity contribution in [3.8, 4) is 5.75 Å². The zero-order chi connectivity index (χ0) is 22.6. The second-order valence-electron chi connectivity index (χ2n) is 6.70. The van der Waals surface area contributed by atoms with E-state index >= 15 is 0 Å². The van der Waals surface area contributed by atoms with E-state index in [9.17, 15) is 18.0 Å². The maximum atomic E-state index is 12.7. The highest BCUT2D eigenvalue weighted by Gasteiger charge is 2.23. The van der Waals surface area contributed by atoms with E-state index in [-0.39, 0.29) is 35.4 Å². The van der Waals surface area contributed by atoms with E-state index in [0.717, 1.165) is 19.3 Å². The number of nitrogens with two attached hydrogens (primary N) is 1. The van der Waals surface area contributed by atoms with Crippen LogP contribution in [-0.4, -0.2) is 57.8 Å². The molecule has 10 heteroatoms. The number of hydrogen-bond acceptors (Lipinski definition) is 6. The van der Waals surface area contributed by atoms with Crippen molar-refractivity contribution in [3.05, 3.63) is 18.2 Å². The molecule has 1 rings (SSSR count). The number of nitrogens with zero attached hydrogens (tertiary/aromatic N) is 1. The predicted molar refractivity (Wildman–Crippen MR) is 117 cm³/mol. The van der Waals surface area contributed by atoms with Gasteiger partial charge in [0.05, 0.1) is 17.7 Å². The molecule has 0 fully saturated rings. The summed E-state index contributed by atoms with van der Waals surface area (Å²) in [6.45, 7) is 5.03. The van der Waals surface area contributed by atoms with Crippen LogP contribution in [0.15, 0.2) is 23.1 Å². The minimum Gasteiger partial charge on any atom is -0.495 e. The summed E-state index contributed by atoms with van der Waals surface area (Å²) in [5.74, 6) is -0.107. The van der Waals surface area contributed by atoms with Crippen molar-refractivity contribution in [3.63, 3.8) is 0 Å². The van der Waals surface area contributed by atoms with Gasteiger partial charge in [0.25, 0.3) is 0 Å². The number of nitrogens with one attached hydrogen (secondary N) is 2. The molecule has 0 saturated carbocycles. The van der Waals surface area contributed by atoms with Gasteiger partial charge in [0.15, 0.2) is 0 Å². The van der Waals surface area contributed by atoms with E-state index in [1.54, 1.807) is 13.8 Å². The largest absolute Gasteiger partial charge is 0.495 e. The van der Waals surface area contributed by atoms with Crippen LogP contribution in [0.25, 0.3) is 0 Å². The molecule has 0 aliphatic rings. The van der Waals surface area contributed by atoms with Crippen LogP contribution in [-0.2, 0) is 19.6 Å². The van der Waals surface area contributed by atoms with Crippen LogP contribution in [0.5, 0.6) is 5.75 Å². The average Bonchev–Trinajstić information content (AvgIpc) is 2.71. The van der Waals surface area contributed by atoms with Gasteiger partial charge < -0.3 is 21.1 Å². The number of anilines is 1. The zero-order valence-corrected chi connectivity index (χ0v) is 18.9. The quantitative estimate of drug-likeness (QED) is 0.376. The van der Waals surface area contributed by atoms with E-state index in [0.29, 0.717) is 31.8 Å². The molecule has 1 aromatic rings. The molecule has 0 unspecified atom stereocenters. The number of carbonyl (C=O) groups excluding carboxylic acids is 2. The molecular weight excluding hydrogens is 408 g/mol. The molecule has 4 N–H and O–H groups in total. The van der Waals surface area contributed by atoms with Gasteiger partial charge in [0, 0.05) is 32.5 Å². The first kappa shape index (κ1) is 25.9. The number of methoxy groups -OCH3 is 1. The Bertz CT molecular complexity index is 794. The number of rotatable bonds is 14. The molecule has 9 nitrogen and oxygen atoms in total. The smallest absolute Gasteiger partial charge is 0.243 e. The van der Waals surface area contributed by atoms with Gasteiger partial charge in [-0.05, 0) is 37.6 Å². The second kappa shape index (κ2) is 13.2. The summed E-state index contributed by atoms with van der Waals surface area (Å²) in [5.41, 5.74) is 5.68. The summed E-state index contributed by atoms with van der Waals surface area (Å²) < 4.78 is 32.0. The van der Waals surface area contributed by atoms with Crippen molar-refractivity contribution in [1.29, 1.82) is 0 Å². The summed E-state index contributed by atoms with van der Waals surface area (Å²) >= 11 is 0. The van der Waals surface area contributed by atoms with Crippen molar-refractivity contribution in [2.24, 2.45) is 5.73 Å².